The lowest BCUT2D eigenvalue weighted by atomic mass is 10.1. The summed E-state index contributed by atoms with van der Waals surface area (Å²) in [4.78, 5) is 11.4. The number of ether oxygens (including phenoxy) is 1. The molecule has 0 spiro atoms. The Morgan fingerprint density at radius 2 is 2.00 bits per heavy atom. The molecule has 0 aromatic carbocycles. The SMILES string of the molecule is O=C([O-])N1CCC(OC(F)F)CC1. The van der Waals surface area contributed by atoms with E-state index in [2.05, 4.69) is 4.74 Å². The highest BCUT2D eigenvalue weighted by atomic mass is 19.3. The molecule has 13 heavy (non-hydrogen) atoms. The van der Waals surface area contributed by atoms with Gasteiger partial charge in [-0.15, -0.1) is 0 Å². The Labute approximate surface area is 74.1 Å². The first kappa shape index (κ1) is 10.2. The highest BCUT2D eigenvalue weighted by molar-refractivity contribution is 5.62. The molecule has 1 rings (SSSR count). The van der Waals surface area contributed by atoms with Crippen LogP contribution in [-0.4, -0.2) is 36.8 Å². The number of amides is 1. The van der Waals surface area contributed by atoms with E-state index in [1.165, 1.54) is 0 Å². The fourth-order valence-corrected chi connectivity index (χ4v) is 1.32. The smallest absolute Gasteiger partial charge is 0.345 e. The van der Waals surface area contributed by atoms with E-state index in [-0.39, 0.29) is 13.1 Å². The van der Waals surface area contributed by atoms with Crippen molar-refractivity contribution in [1.29, 1.82) is 0 Å². The number of carbonyl (C=O) groups excluding carboxylic acids is 1. The number of alkyl halides is 2. The Hall–Kier alpha value is -0.910. The van der Waals surface area contributed by atoms with Gasteiger partial charge in [0.05, 0.1) is 6.10 Å². The molecule has 0 radical (unpaired) electrons. The largest absolute Gasteiger partial charge is 0.530 e. The number of hydrogen-bond acceptors (Lipinski definition) is 3. The average molecular weight is 194 g/mol. The van der Waals surface area contributed by atoms with Gasteiger partial charge in [0, 0.05) is 13.1 Å². The van der Waals surface area contributed by atoms with Crippen molar-refractivity contribution in [1.82, 2.24) is 4.90 Å². The van der Waals surface area contributed by atoms with E-state index in [4.69, 9.17) is 0 Å². The van der Waals surface area contributed by atoms with Gasteiger partial charge < -0.3 is 19.5 Å². The summed E-state index contributed by atoms with van der Waals surface area (Å²) in [5.41, 5.74) is 0. The van der Waals surface area contributed by atoms with Gasteiger partial charge in [-0.2, -0.15) is 8.78 Å². The zero-order valence-electron chi connectivity index (χ0n) is 6.91. The Morgan fingerprint density at radius 3 is 2.38 bits per heavy atom. The molecule has 0 aliphatic carbocycles. The first-order valence-electron chi connectivity index (χ1n) is 3.99. The highest BCUT2D eigenvalue weighted by Gasteiger charge is 2.21. The first-order valence-corrected chi connectivity index (χ1v) is 3.99. The van der Waals surface area contributed by atoms with Crippen molar-refractivity contribution in [2.45, 2.75) is 25.6 Å². The lowest BCUT2D eigenvalue weighted by Gasteiger charge is -2.33. The van der Waals surface area contributed by atoms with Gasteiger partial charge in [-0.3, -0.25) is 0 Å². The van der Waals surface area contributed by atoms with Crippen LogP contribution in [0.4, 0.5) is 13.6 Å². The Morgan fingerprint density at radius 1 is 1.46 bits per heavy atom. The minimum absolute atomic E-state index is 0.208. The number of nitrogens with zero attached hydrogens (tertiary/aromatic N) is 1. The third kappa shape index (κ3) is 3.14. The second kappa shape index (κ2) is 4.36. The van der Waals surface area contributed by atoms with Gasteiger partial charge in [-0.1, -0.05) is 0 Å². The van der Waals surface area contributed by atoms with Gasteiger partial charge in [0.15, 0.2) is 0 Å². The number of likely N-dealkylation sites (tertiary alicyclic amines) is 1. The lowest BCUT2D eigenvalue weighted by molar-refractivity contribution is -0.268. The Kier molecular flexibility index (Phi) is 3.41. The molecule has 1 amide bonds. The maximum absolute atomic E-state index is 11.7. The Bertz CT molecular complexity index is 181. The molecule has 6 heteroatoms. The molecule has 0 bridgehead atoms. The van der Waals surface area contributed by atoms with Crippen LogP contribution in [0.1, 0.15) is 12.8 Å². The number of halogens is 2. The molecule has 1 fully saturated rings. The van der Waals surface area contributed by atoms with Crippen molar-refractivity contribution in [3.05, 3.63) is 0 Å². The van der Waals surface area contributed by atoms with E-state index in [0.717, 1.165) is 4.90 Å². The summed E-state index contributed by atoms with van der Waals surface area (Å²) in [7, 11) is 0. The number of hydrogen-bond donors (Lipinski definition) is 0. The van der Waals surface area contributed by atoms with Crippen molar-refractivity contribution < 1.29 is 23.4 Å². The summed E-state index contributed by atoms with van der Waals surface area (Å²) in [5.74, 6) is 0. The van der Waals surface area contributed by atoms with E-state index in [9.17, 15) is 18.7 Å². The van der Waals surface area contributed by atoms with Crippen LogP contribution in [0.25, 0.3) is 0 Å². The molecule has 1 aliphatic heterocycles. The summed E-state index contributed by atoms with van der Waals surface area (Å²) < 4.78 is 27.7. The predicted octanol–water partition coefficient (Wildman–Crippen LogP) is 0.0333. The fraction of sp³-hybridized carbons (Fsp3) is 0.857. The van der Waals surface area contributed by atoms with Crippen LogP contribution < -0.4 is 5.11 Å². The average Bonchev–Trinajstić information content (AvgIpc) is 2.04. The third-order valence-corrected chi connectivity index (χ3v) is 2.00. The van der Waals surface area contributed by atoms with E-state index >= 15 is 0 Å². The molecular weight excluding hydrogens is 184 g/mol. The maximum Gasteiger partial charge on any atom is 0.345 e. The van der Waals surface area contributed by atoms with Crippen molar-refractivity contribution in [2.24, 2.45) is 0 Å². The van der Waals surface area contributed by atoms with Crippen molar-refractivity contribution in [2.75, 3.05) is 13.1 Å². The van der Waals surface area contributed by atoms with E-state index in [1.807, 2.05) is 0 Å². The van der Waals surface area contributed by atoms with Crippen molar-refractivity contribution in [3.8, 4) is 0 Å². The second-order valence-electron chi connectivity index (χ2n) is 2.85. The number of carbonyl (C=O) groups is 1. The van der Waals surface area contributed by atoms with Crippen molar-refractivity contribution >= 4 is 6.09 Å². The number of rotatable bonds is 2. The molecule has 4 nitrogen and oxygen atoms in total. The summed E-state index contributed by atoms with van der Waals surface area (Å²) in [6.45, 7) is -2.36. The molecular formula is C7H10F2NO3-. The standard InChI is InChI=1S/C7H11F2NO3/c8-6(9)13-5-1-3-10(4-2-5)7(11)12/h5-6H,1-4H2,(H,11,12)/p-1. The molecule has 76 valence electrons. The normalized spacial score (nSPS) is 19.5. The maximum atomic E-state index is 11.7. The summed E-state index contributed by atoms with van der Waals surface area (Å²) >= 11 is 0. The van der Waals surface area contributed by atoms with E-state index in [0.29, 0.717) is 12.8 Å². The van der Waals surface area contributed by atoms with Crippen LogP contribution in [0.2, 0.25) is 0 Å². The molecule has 1 heterocycles. The summed E-state index contributed by atoms with van der Waals surface area (Å²) in [6, 6.07) is 0. The molecule has 1 aliphatic rings. The lowest BCUT2D eigenvalue weighted by Crippen LogP contribution is -2.47. The van der Waals surface area contributed by atoms with Crippen LogP contribution in [0.5, 0.6) is 0 Å². The van der Waals surface area contributed by atoms with E-state index in [1.54, 1.807) is 0 Å². The third-order valence-electron chi connectivity index (χ3n) is 2.00. The summed E-state index contributed by atoms with van der Waals surface area (Å²) in [6.07, 6.45) is -1.18. The molecule has 0 atom stereocenters. The van der Waals surface area contributed by atoms with Gasteiger partial charge in [0.1, 0.15) is 6.09 Å². The van der Waals surface area contributed by atoms with Gasteiger partial charge in [0.25, 0.3) is 0 Å². The molecule has 0 N–H and O–H groups in total. The van der Waals surface area contributed by atoms with Crippen LogP contribution in [0.15, 0.2) is 0 Å². The topological polar surface area (TPSA) is 52.6 Å². The van der Waals surface area contributed by atoms with Gasteiger partial charge in [-0.05, 0) is 12.8 Å². The second-order valence-corrected chi connectivity index (χ2v) is 2.85. The van der Waals surface area contributed by atoms with Gasteiger partial charge in [0.2, 0.25) is 0 Å². The van der Waals surface area contributed by atoms with Crippen LogP contribution in [-0.2, 0) is 4.74 Å². The highest BCUT2D eigenvalue weighted by Crippen LogP contribution is 2.15. The fourth-order valence-electron chi connectivity index (χ4n) is 1.32. The minimum Gasteiger partial charge on any atom is -0.530 e. The van der Waals surface area contributed by atoms with Crippen LogP contribution >= 0.6 is 0 Å². The number of piperidine rings is 1. The summed E-state index contributed by atoms with van der Waals surface area (Å²) in [5, 5.41) is 10.3. The zero-order chi connectivity index (χ0) is 9.84. The minimum atomic E-state index is -2.78. The van der Waals surface area contributed by atoms with E-state index < -0.39 is 18.8 Å². The van der Waals surface area contributed by atoms with Crippen LogP contribution in [0, 0.1) is 0 Å². The molecule has 0 aromatic rings. The molecule has 0 saturated carbocycles. The zero-order valence-corrected chi connectivity index (χ0v) is 6.91. The van der Waals surface area contributed by atoms with Gasteiger partial charge in [-0.25, -0.2) is 0 Å². The Balaban J connectivity index is 2.26. The van der Waals surface area contributed by atoms with Crippen LogP contribution in [0.3, 0.4) is 0 Å². The quantitative estimate of drug-likeness (QED) is 0.623. The number of carboxylic acid groups (broad SMARTS) is 1. The molecule has 1 saturated heterocycles. The predicted molar refractivity (Wildman–Crippen MR) is 37.1 cm³/mol. The monoisotopic (exact) mass is 194 g/mol. The molecule has 0 unspecified atom stereocenters. The first-order chi connectivity index (χ1) is 6.09. The van der Waals surface area contributed by atoms with Gasteiger partial charge >= 0.3 is 6.61 Å². The molecule has 0 aromatic heterocycles. The van der Waals surface area contributed by atoms with Crippen molar-refractivity contribution in [3.63, 3.8) is 0 Å².